The molecule has 1 aliphatic heterocycles. The zero-order valence-electron chi connectivity index (χ0n) is 11.5. The Labute approximate surface area is 133 Å². The van der Waals surface area contributed by atoms with E-state index in [0.717, 1.165) is 12.1 Å². The molecule has 1 fully saturated rings. The summed E-state index contributed by atoms with van der Waals surface area (Å²) in [6, 6.07) is 0.158. The number of ether oxygens (including phenoxy) is 1. The van der Waals surface area contributed by atoms with Gasteiger partial charge in [-0.05, 0) is 6.07 Å². The van der Waals surface area contributed by atoms with Crippen molar-refractivity contribution in [2.45, 2.75) is 18.6 Å². The molecule has 23 heavy (non-hydrogen) atoms. The predicted octanol–water partition coefficient (Wildman–Crippen LogP) is 2.74. The van der Waals surface area contributed by atoms with Gasteiger partial charge in [-0.2, -0.15) is 19.3 Å². The summed E-state index contributed by atoms with van der Waals surface area (Å²) in [4.78, 5) is 12.6. The second kappa shape index (κ2) is 6.23. The van der Waals surface area contributed by atoms with E-state index in [1.165, 1.54) is 13.2 Å². The van der Waals surface area contributed by atoms with Crippen molar-refractivity contribution in [1.29, 1.82) is 10.5 Å². The van der Waals surface area contributed by atoms with Crippen molar-refractivity contribution in [3.8, 4) is 17.9 Å². The first kappa shape index (κ1) is 16.7. The average molecular weight is 345 g/mol. The third kappa shape index (κ3) is 2.60. The monoisotopic (exact) mass is 344 g/mol. The van der Waals surface area contributed by atoms with Gasteiger partial charge >= 0.3 is 12.6 Å². The highest BCUT2D eigenvalue weighted by Gasteiger charge is 2.51. The summed E-state index contributed by atoms with van der Waals surface area (Å²) in [5.41, 5.74) is -0.480. The molecule has 0 spiro atoms. The number of alkyl halides is 2. The first-order valence-corrected chi connectivity index (χ1v) is 6.47. The van der Waals surface area contributed by atoms with Crippen LogP contribution in [-0.2, 0) is 0 Å². The highest BCUT2D eigenvalue weighted by Crippen LogP contribution is 2.37. The molecule has 2 amide bonds. The van der Waals surface area contributed by atoms with Crippen molar-refractivity contribution in [3.63, 3.8) is 0 Å². The Morgan fingerprint density at radius 2 is 1.91 bits per heavy atom. The van der Waals surface area contributed by atoms with Crippen LogP contribution in [0.15, 0.2) is 12.1 Å². The number of nitrogens with zero attached hydrogens (tertiary/aromatic N) is 4. The number of carbonyl (C=O) groups is 1. The number of urea groups is 1. The van der Waals surface area contributed by atoms with Gasteiger partial charge in [0.15, 0.2) is 12.1 Å². The summed E-state index contributed by atoms with van der Waals surface area (Å²) in [6.07, 6.45) is 0. The molecule has 0 aliphatic carbocycles. The highest BCUT2D eigenvalue weighted by atomic mass is 35.5. The Balaban J connectivity index is 2.61. The van der Waals surface area contributed by atoms with Crippen LogP contribution in [0.3, 0.4) is 0 Å². The van der Waals surface area contributed by atoms with Gasteiger partial charge in [0.1, 0.15) is 11.6 Å². The van der Waals surface area contributed by atoms with Crippen LogP contribution in [0.25, 0.3) is 0 Å². The van der Waals surface area contributed by atoms with Gasteiger partial charge in [0.25, 0.3) is 0 Å². The predicted molar refractivity (Wildman–Crippen MR) is 72.5 cm³/mol. The van der Waals surface area contributed by atoms with Crippen molar-refractivity contribution < 1.29 is 22.7 Å². The number of hydrogen-bond acceptors (Lipinski definition) is 4. The Hall–Kier alpha value is -2.65. The topological polar surface area (TPSA) is 80.4 Å². The van der Waals surface area contributed by atoms with Gasteiger partial charge in [-0.15, -0.1) is 0 Å². The fraction of sp³-hybridized carbons (Fsp3) is 0.308. The van der Waals surface area contributed by atoms with Gasteiger partial charge in [-0.25, -0.2) is 14.1 Å². The molecule has 10 heteroatoms. The van der Waals surface area contributed by atoms with Crippen LogP contribution < -0.4 is 9.64 Å². The molecular formula is C13H8ClF3N4O2. The standard InChI is InChI=1S/C13H8ClF3N4O2/c1-23-11-3-8(7(15)2-6(11)14)20-9(4-18)10(5-19)21(12(16)17)13(20)22/h2-3,9-10,12H,1H3. The maximum absolute atomic E-state index is 14.1. The summed E-state index contributed by atoms with van der Waals surface area (Å²) in [5.74, 6) is -1.03. The largest absolute Gasteiger partial charge is 0.495 e. The summed E-state index contributed by atoms with van der Waals surface area (Å²) < 4.78 is 45.0. The van der Waals surface area contributed by atoms with Gasteiger partial charge in [0.2, 0.25) is 0 Å². The Bertz CT molecular complexity index is 731. The van der Waals surface area contributed by atoms with E-state index in [-0.39, 0.29) is 15.7 Å². The number of benzene rings is 1. The second-order valence-corrected chi connectivity index (χ2v) is 4.83. The lowest BCUT2D eigenvalue weighted by molar-refractivity contribution is 0.00170. The van der Waals surface area contributed by atoms with Crippen LogP contribution in [-0.4, -0.2) is 36.7 Å². The SMILES string of the molecule is COc1cc(N2C(=O)N(C(F)F)C(C#N)C2C#N)c(F)cc1Cl. The maximum Gasteiger partial charge on any atom is 0.331 e. The van der Waals surface area contributed by atoms with Gasteiger partial charge in [-0.3, -0.25) is 4.90 Å². The van der Waals surface area contributed by atoms with Crippen LogP contribution in [0.2, 0.25) is 5.02 Å². The number of anilines is 1. The van der Waals surface area contributed by atoms with Gasteiger partial charge in [-0.1, -0.05) is 11.6 Å². The highest BCUT2D eigenvalue weighted by molar-refractivity contribution is 6.32. The Kier molecular flexibility index (Phi) is 4.52. The minimum Gasteiger partial charge on any atom is -0.495 e. The first-order valence-electron chi connectivity index (χ1n) is 6.09. The van der Waals surface area contributed by atoms with Crippen molar-refractivity contribution in [1.82, 2.24) is 4.90 Å². The van der Waals surface area contributed by atoms with Crippen molar-refractivity contribution in [2.24, 2.45) is 0 Å². The number of amides is 2. The molecule has 0 N–H and O–H groups in total. The third-order valence-electron chi connectivity index (χ3n) is 3.26. The first-order chi connectivity index (χ1) is 10.9. The molecule has 2 atom stereocenters. The van der Waals surface area contributed by atoms with Crippen molar-refractivity contribution in [2.75, 3.05) is 12.0 Å². The number of carbonyl (C=O) groups excluding carboxylic acids is 1. The van der Waals surface area contributed by atoms with Gasteiger partial charge in [0.05, 0.1) is 30.0 Å². The van der Waals surface area contributed by atoms with Crippen LogP contribution >= 0.6 is 11.6 Å². The lowest BCUT2D eigenvalue weighted by Gasteiger charge is -2.20. The molecule has 0 aromatic heterocycles. The van der Waals surface area contributed by atoms with E-state index in [1.807, 2.05) is 0 Å². The second-order valence-electron chi connectivity index (χ2n) is 4.42. The average Bonchev–Trinajstić information content (AvgIpc) is 2.79. The molecular weight excluding hydrogens is 337 g/mol. The summed E-state index contributed by atoms with van der Waals surface area (Å²) in [5, 5.41) is 18.0. The summed E-state index contributed by atoms with van der Waals surface area (Å²) in [6.45, 7) is -3.31. The molecule has 2 rings (SSSR count). The van der Waals surface area contributed by atoms with E-state index in [2.05, 4.69) is 0 Å². The minimum atomic E-state index is -3.31. The summed E-state index contributed by atoms with van der Waals surface area (Å²) in [7, 11) is 1.24. The maximum atomic E-state index is 14.1. The molecule has 0 saturated carbocycles. The van der Waals surface area contributed by atoms with E-state index in [1.54, 1.807) is 6.07 Å². The summed E-state index contributed by atoms with van der Waals surface area (Å²) >= 11 is 5.73. The number of halogens is 4. The molecule has 1 aliphatic rings. The fourth-order valence-corrected chi connectivity index (χ4v) is 2.46. The molecule has 0 radical (unpaired) electrons. The third-order valence-corrected chi connectivity index (χ3v) is 3.55. The van der Waals surface area contributed by atoms with Gasteiger partial charge < -0.3 is 4.74 Å². The quantitative estimate of drug-likeness (QED) is 0.790. The molecule has 120 valence electrons. The van der Waals surface area contributed by atoms with Crippen LogP contribution in [0.5, 0.6) is 5.75 Å². The molecule has 0 bridgehead atoms. The van der Waals surface area contributed by atoms with E-state index in [4.69, 9.17) is 26.9 Å². The normalized spacial score (nSPS) is 20.6. The zero-order valence-corrected chi connectivity index (χ0v) is 12.3. The van der Waals surface area contributed by atoms with E-state index >= 15 is 0 Å². The molecule has 1 aromatic carbocycles. The smallest absolute Gasteiger partial charge is 0.331 e. The van der Waals surface area contributed by atoms with Crippen molar-refractivity contribution in [3.05, 3.63) is 23.0 Å². The molecule has 6 nitrogen and oxygen atoms in total. The Morgan fingerprint density at radius 3 is 2.39 bits per heavy atom. The van der Waals surface area contributed by atoms with Crippen LogP contribution in [0.4, 0.5) is 23.7 Å². The van der Waals surface area contributed by atoms with Crippen molar-refractivity contribution >= 4 is 23.3 Å². The van der Waals surface area contributed by atoms with E-state index in [0.29, 0.717) is 4.90 Å². The number of methoxy groups -OCH3 is 1. The molecule has 2 unspecified atom stereocenters. The Morgan fingerprint density at radius 1 is 1.30 bits per heavy atom. The number of nitriles is 2. The number of hydrogen-bond donors (Lipinski definition) is 0. The minimum absolute atomic E-state index is 0.0171. The van der Waals surface area contributed by atoms with E-state index in [9.17, 15) is 18.0 Å². The van der Waals surface area contributed by atoms with E-state index < -0.39 is 36.2 Å². The fourth-order valence-electron chi connectivity index (χ4n) is 2.23. The van der Waals surface area contributed by atoms with Crippen LogP contribution in [0.1, 0.15) is 0 Å². The lowest BCUT2D eigenvalue weighted by Crippen LogP contribution is -2.38. The molecule has 1 heterocycles. The molecule has 1 aromatic rings. The van der Waals surface area contributed by atoms with Crippen LogP contribution in [0, 0.1) is 28.5 Å². The zero-order chi connectivity index (χ0) is 17.3. The lowest BCUT2D eigenvalue weighted by atomic mass is 10.1. The van der Waals surface area contributed by atoms with Gasteiger partial charge in [0, 0.05) is 6.07 Å². The number of rotatable bonds is 3. The molecule has 1 saturated heterocycles.